The minimum absolute atomic E-state index is 0.784. The maximum Gasteiger partial charge on any atom is 0.0629 e. The third-order valence-corrected chi connectivity index (χ3v) is 1.93. The minimum atomic E-state index is 0.784. The van der Waals surface area contributed by atoms with Crippen molar-refractivity contribution in [2.24, 2.45) is 9.98 Å². The number of rotatable bonds is 5. The van der Waals surface area contributed by atoms with Crippen molar-refractivity contribution in [3.8, 4) is 0 Å². The first-order chi connectivity index (χ1) is 7.36. The van der Waals surface area contributed by atoms with Gasteiger partial charge in [0.25, 0.3) is 0 Å². The number of nitrogens with one attached hydrogen (secondary N) is 1. The molecule has 0 aliphatic heterocycles. The maximum absolute atomic E-state index is 4.34. The first-order valence-electron chi connectivity index (χ1n) is 5.03. The third kappa shape index (κ3) is 4.51. The van der Waals surface area contributed by atoms with Gasteiger partial charge in [-0.05, 0) is 24.7 Å². The molecule has 0 aliphatic rings. The van der Waals surface area contributed by atoms with Gasteiger partial charge >= 0.3 is 0 Å². The van der Waals surface area contributed by atoms with Crippen molar-refractivity contribution >= 4 is 18.1 Å². The van der Waals surface area contributed by atoms with Gasteiger partial charge in [-0.1, -0.05) is 12.1 Å². The lowest BCUT2D eigenvalue weighted by atomic mass is 10.2. The molecule has 1 rings (SSSR count). The Hall–Kier alpha value is -1.48. The molecular weight excluding hydrogens is 186 g/mol. The zero-order valence-corrected chi connectivity index (χ0v) is 9.27. The quantitative estimate of drug-likeness (QED) is 0.732. The molecule has 0 spiro atoms. The van der Waals surface area contributed by atoms with E-state index in [1.165, 1.54) is 5.56 Å². The maximum atomic E-state index is 4.34. The second-order valence-electron chi connectivity index (χ2n) is 3.19. The number of nitrogens with zero attached hydrogens (tertiary/aromatic N) is 2. The van der Waals surface area contributed by atoms with Crippen LogP contribution in [-0.4, -0.2) is 26.5 Å². The van der Waals surface area contributed by atoms with Crippen LogP contribution in [0.5, 0.6) is 0 Å². The van der Waals surface area contributed by atoms with Gasteiger partial charge in [-0.3, -0.25) is 4.99 Å². The fourth-order valence-corrected chi connectivity index (χ4v) is 1.26. The Morgan fingerprint density at radius 1 is 1.33 bits per heavy atom. The molecule has 1 aromatic rings. The van der Waals surface area contributed by atoms with Gasteiger partial charge in [0, 0.05) is 32.4 Å². The molecule has 15 heavy (non-hydrogen) atoms. The van der Waals surface area contributed by atoms with Gasteiger partial charge in [0.15, 0.2) is 0 Å². The second kappa shape index (κ2) is 6.90. The van der Waals surface area contributed by atoms with E-state index in [-0.39, 0.29) is 0 Å². The summed E-state index contributed by atoms with van der Waals surface area (Å²) in [5, 5.41) is 3.11. The van der Waals surface area contributed by atoms with E-state index in [0.717, 1.165) is 18.7 Å². The predicted octanol–water partition coefficient (Wildman–Crippen LogP) is 2.20. The van der Waals surface area contributed by atoms with Crippen LogP contribution in [0, 0.1) is 0 Å². The molecule has 3 heteroatoms. The molecule has 80 valence electrons. The normalized spacial score (nSPS) is 11.6. The molecule has 0 bridgehead atoms. The molecule has 0 saturated carbocycles. The lowest BCUT2D eigenvalue weighted by Crippen LogP contribution is -2.04. The Morgan fingerprint density at radius 2 is 2.20 bits per heavy atom. The van der Waals surface area contributed by atoms with E-state index in [9.17, 15) is 0 Å². The largest absolute Gasteiger partial charge is 0.316 e. The monoisotopic (exact) mass is 203 g/mol. The van der Waals surface area contributed by atoms with E-state index in [1.54, 1.807) is 7.05 Å². The van der Waals surface area contributed by atoms with E-state index in [4.69, 9.17) is 0 Å². The molecule has 1 N–H and O–H groups in total. The number of aliphatic imine (C=N–C) groups is 2. The van der Waals surface area contributed by atoms with Crippen molar-refractivity contribution in [1.29, 1.82) is 0 Å². The Bertz CT molecular complexity index is 342. The van der Waals surface area contributed by atoms with Gasteiger partial charge < -0.3 is 10.3 Å². The summed E-state index contributed by atoms with van der Waals surface area (Å²) in [5.41, 5.74) is 2.24. The predicted molar refractivity (Wildman–Crippen MR) is 66.4 cm³/mol. The number of hydrogen-bond acceptors (Lipinski definition) is 3. The second-order valence-corrected chi connectivity index (χ2v) is 3.19. The van der Waals surface area contributed by atoms with Crippen molar-refractivity contribution in [3.63, 3.8) is 0 Å². The molecule has 0 atom stereocenters. The first-order valence-corrected chi connectivity index (χ1v) is 5.03. The summed E-state index contributed by atoms with van der Waals surface area (Å²) >= 11 is 0. The van der Waals surface area contributed by atoms with Gasteiger partial charge in [-0.25, -0.2) is 0 Å². The topological polar surface area (TPSA) is 36.8 Å². The van der Waals surface area contributed by atoms with Crippen LogP contribution < -0.4 is 5.32 Å². The van der Waals surface area contributed by atoms with E-state index < -0.39 is 0 Å². The highest BCUT2D eigenvalue weighted by atomic mass is 14.8. The zero-order valence-electron chi connectivity index (χ0n) is 9.27. The van der Waals surface area contributed by atoms with Crippen molar-refractivity contribution in [3.05, 3.63) is 29.8 Å². The minimum Gasteiger partial charge on any atom is -0.316 e. The van der Waals surface area contributed by atoms with E-state index >= 15 is 0 Å². The van der Waals surface area contributed by atoms with E-state index in [1.807, 2.05) is 31.6 Å². The van der Waals surface area contributed by atoms with E-state index in [0.29, 0.717) is 0 Å². The fourth-order valence-electron chi connectivity index (χ4n) is 1.26. The van der Waals surface area contributed by atoms with Gasteiger partial charge in [-0.2, -0.15) is 0 Å². The summed E-state index contributed by atoms with van der Waals surface area (Å²) in [6.07, 6.45) is 4.49. The molecule has 0 fully saturated rings. The van der Waals surface area contributed by atoms with Gasteiger partial charge in [-0.15, -0.1) is 0 Å². The van der Waals surface area contributed by atoms with Crippen LogP contribution in [0.2, 0.25) is 0 Å². The summed E-state index contributed by atoms with van der Waals surface area (Å²) in [6, 6.07) is 8.19. The highest BCUT2D eigenvalue weighted by Crippen LogP contribution is 2.13. The van der Waals surface area contributed by atoms with Crippen LogP contribution in [0.4, 0.5) is 5.69 Å². The summed E-state index contributed by atoms with van der Waals surface area (Å²) in [6.45, 7) is 0.875. The van der Waals surface area contributed by atoms with Crippen LogP contribution >= 0.6 is 0 Å². The lowest BCUT2D eigenvalue weighted by molar-refractivity contribution is 0.818. The summed E-state index contributed by atoms with van der Waals surface area (Å²) in [7, 11) is 3.70. The zero-order chi connectivity index (χ0) is 10.9. The fraction of sp³-hybridized carbons (Fsp3) is 0.333. The smallest absolute Gasteiger partial charge is 0.0629 e. The number of benzene rings is 1. The van der Waals surface area contributed by atoms with Gasteiger partial charge in [0.05, 0.1) is 5.69 Å². The standard InChI is InChI=1S/C12H17N3/c1-13-7-4-8-15-12-6-3-5-11(9-12)10-14-2/h3,5-9,14H,4,10H2,1-2H3. The molecule has 3 nitrogen and oxygen atoms in total. The molecule has 0 aromatic heterocycles. The average Bonchev–Trinajstić information content (AvgIpc) is 2.26. The molecule has 0 amide bonds. The molecule has 0 heterocycles. The summed E-state index contributed by atoms with van der Waals surface area (Å²) in [5.74, 6) is 0. The van der Waals surface area contributed by atoms with Crippen molar-refractivity contribution in [2.75, 3.05) is 14.1 Å². The highest BCUT2D eigenvalue weighted by Gasteiger charge is 1.91. The Balaban J connectivity index is 2.60. The van der Waals surface area contributed by atoms with Gasteiger partial charge in [0.2, 0.25) is 0 Å². The molecular formula is C12H17N3. The van der Waals surface area contributed by atoms with Crippen molar-refractivity contribution < 1.29 is 0 Å². The van der Waals surface area contributed by atoms with Crippen LogP contribution in [0.25, 0.3) is 0 Å². The summed E-state index contributed by atoms with van der Waals surface area (Å²) < 4.78 is 0. The van der Waals surface area contributed by atoms with Crippen molar-refractivity contribution in [1.82, 2.24) is 5.32 Å². The molecule has 0 radical (unpaired) electrons. The average molecular weight is 203 g/mol. The van der Waals surface area contributed by atoms with Crippen LogP contribution in [0.3, 0.4) is 0 Å². The Kier molecular flexibility index (Phi) is 5.33. The highest BCUT2D eigenvalue weighted by molar-refractivity contribution is 5.80. The summed E-state index contributed by atoms with van der Waals surface area (Å²) in [4.78, 5) is 8.23. The van der Waals surface area contributed by atoms with Crippen LogP contribution in [0.1, 0.15) is 12.0 Å². The Morgan fingerprint density at radius 3 is 2.93 bits per heavy atom. The molecule has 0 saturated heterocycles. The van der Waals surface area contributed by atoms with E-state index in [2.05, 4.69) is 27.4 Å². The molecule has 1 aromatic carbocycles. The lowest BCUT2D eigenvalue weighted by Gasteiger charge is -2.00. The van der Waals surface area contributed by atoms with Crippen molar-refractivity contribution in [2.45, 2.75) is 13.0 Å². The Labute approximate surface area is 91.0 Å². The van der Waals surface area contributed by atoms with Gasteiger partial charge in [0.1, 0.15) is 0 Å². The first kappa shape index (κ1) is 11.6. The molecule has 0 unspecified atom stereocenters. The number of hydrogen-bond donors (Lipinski definition) is 1. The van der Waals surface area contributed by atoms with Crippen LogP contribution in [0.15, 0.2) is 34.3 Å². The third-order valence-electron chi connectivity index (χ3n) is 1.93. The molecule has 0 aliphatic carbocycles. The SMILES string of the molecule is CN=CCC=Nc1cccc(CNC)c1. The van der Waals surface area contributed by atoms with Crippen LogP contribution in [-0.2, 0) is 6.54 Å².